The van der Waals surface area contributed by atoms with Crippen molar-refractivity contribution in [3.05, 3.63) is 79.9 Å². The Bertz CT molecular complexity index is 1290. The molecule has 1 aromatic heterocycles. The molecule has 0 radical (unpaired) electrons. The molecule has 0 atom stereocenters. The summed E-state index contributed by atoms with van der Waals surface area (Å²) >= 11 is 12.4. The first kappa shape index (κ1) is 25.3. The van der Waals surface area contributed by atoms with Gasteiger partial charge in [-0.25, -0.2) is 0 Å². The highest BCUT2D eigenvalue weighted by Gasteiger charge is 2.33. The van der Waals surface area contributed by atoms with Crippen molar-refractivity contribution in [2.24, 2.45) is 0 Å². The van der Waals surface area contributed by atoms with E-state index in [2.05, 4.69) is 4.98 Å². The summed E-state index contributed by atoms with van der Waals surface area (Å²) in [5, 5.41) is 1.25. The van der Waals surface area contributed by atoms with Crippen LogP contribution in [0.4, 0.5) is 0 Å². The van der Waals surface area contributed by atoms with Crippen molar-refractivity contribution in [1.82, 2.24) is 14.5 Å². The number of fused-ring (bicyclic) bond motifs is 1. The minimum absolute atomic E-state index is 0.0132. The van der Waals surface area contributed by atoms with Crippen LogP contribution in [0.5, 0.6) is 5.75 Å². The molecule has 0 unspecified atom stereocenters. The molecular formula is C27H29Cl2N3O3. The molecule has 0 fully saturated rings. The summed E-state index contributed by atoms with van der Waals surface area (Å²) in [6.45, 7) is 7.43. The third-order valence-electron chi connectivity index (χ3n) is 6.19. The Morgan fingerprint density at radius 3 is 2.43 bits per heavy atom. The maximum atomic E-state index is 13.5. The first-order valence-corrected chi connectivity index (χ1v) is 12.7. The number of nitrogens with zero attached hydrogens (tertiary/aromatic N) is 3. The van der Waals surface area contributed by atoms with Gasteiger partial charge in [0.1, 0.15) is 5.82 Å². The lowest BCUT2D eigenvalue weighted by atomic mass is 9.97. The van der Waals surface area contributed by atoms with E-state index < -0.39 is 5.56 Å². The van der Waals surface area contributed by atoms with Crippen LogP contribution in [0.25, 0.3) is 11.1 Å². The molecular weight excluding hydrogens is 485 g/mol. The van der Waals surface area contributed by atoms with E-state index in [-0.39, 0.29) is 23.4 Å². The highest BCUT2D eigenvalue weighted by atomic mass is 35.5. The van der Waals surface area contributed by atoms with Gasteiger partial charge in [0.05, 0.1) is 6.61 Å². The second kappa shape index (κ2) is 10.8. The van der Waals surface area contributed by atoms with E-state index in [1.165, 1.54) is 0 Å². The maximum absolute atomic E-state index is 13.5. The van der Waals surface area contributed by atoms with Gasteiger partial charge in [0.2, 0.25) is 5.75 Å². The summed E-state index contributed by atoms with van der Waals surface area (Å²) in [7, 11) is 0. The molecule has 0 aliphatic carbocycles. The number of amides is 1. The predicted octanol–water partition coefficient (Wildman–Crippen LogP) is 5.85. The Morgan fingerprint density at radius 2 is 1.74 bits per heavy atom. The van der Waals surface area contributed by atoms with Crippen LogP contribution in [0.1, 0.15) is 55.5 Å². The summed E-state index contributed by atoms with van der Waals surface area (Å²) < 4.78 is 7.68. The zero-order valence-electron chi connectivity index (χ0n) is 20.2. The number of carbonyl (C=O) groups excluding carboxylic acids is 1. The number of hydrogen-bond acceptors (Lipinski definition) is 4. The lowest BCUT2D eigenvalue weighted by Gasteiger charge is -2.34. The standard InChI is InChI=1S/C27H29Cl2N3O3/c1-4-5-14-35-25-24-27(34)31(17(2)3)12-13-32(24)23(30-26(25)33)15-19-8-11-21(29)16-22(19)18-6-9-20(28)10-7-18/h6-11,16-17H,4-5,12-15H2,1-3H3. The van der Waals surface area contributed by atoms with E-state index >= 15 is 0 Å². The number of halogens is 2. The van der Waals surface area contributed by atoms with Gasteiger partial charge in [0.15, 0.2) is 5.69 Å². The molecule has 0 saturated carbocycles. The largest absolute Gasteiger partial charge is 0.486 e. The highest BCUT2D eigenvalue weighted by molar-refractivity contribution is 6.31. The molecule has 0 saturated heterocycles. The minimum Gasteiger partial charge on any atom is -0.486 e. The molecule has 8 heteroatoms. The molecule has 4 rings (SSSR count). The summed E-state index contributed by atoms with van der Waals surface area (Å²) in [4.78, 5) is 32.7. The fraction of sp³-hybridized carbons (Fsp3) is 0.370. The van der Waals surface area contributed by atoms with Gasteiger partial charge in [-0.2, -0.15) is 4.98 Å². The van der Waals surface area contributed by atoms with Crippen molar-refractivity contribution in [3.8, 4) is 16.9 Å². The number of benzene rings is 2. The molecule has 2 aromatic carbocycles. The first-order chi connectivity index (χ1) is 16.8. The maximum Gasteiger partial charge on any atom is 0.316 e. The number of unbranched alkanes of at least 4 members (excludes halogenated alkanes) is 1. The van der Waals surface area contributed by atoms with Gasteiger partial charge < -0.3 is 14.2 Å². The fourth-order valence-corrected chi connectivity index (χ4v) is 4.63. The minimum atomic E-state index is -0.511. The number of carbonyl (C=O) groups is 1. The van der Waals surface area contributed by atoms with Crippen LogP contribution in [0.15, 0.2) is 47.3 Å². The van der Waals surface area contributed by atoms with Gasteiger partial charge >= 0.3 is 5.56 Å². The van der Waals surface area contributed by atoms with Crippen LogP contribution < -0.4 is 10.3 Å². The molecule has 0 spiro atoms. The molecule has 0 bridgehead atoms. The van der Waals surface area contributed by atoms with Crippen molar-refractivity contribution in [2.45, 2.75) is 52.6 Å². The molecule has 1 amide bonds. The van der Waals surface area contributed by atoms with Gasteiger partial charge in [-0.05, 0) is 61.2 Å². The smallest absolute Gasteiger partial charge is 0.316 e. The van der Waals surface area contributed by atoms with Crippen molar-refractivity contribution >= 4 is 29.1 Å². The van der Waals surface area contributed by atoms with Gasteiger partial charge in [-0.1, -0.05) is 54.7 Å². The van der Waals surface area contributed by atoms with Crippen molar-refractivity contribution in [2.75, 3.05) is 13.2 Å². The second-order valence-electron chi connectivity index (χ2n) is 8.94. The Balaban J connectivity index is 1.81. The van der Waals surface area contributed by atoms with Crippen LogP contribution in [-0.4, -0.2) is 39.6 Å². The van der Waals surface area contributed by atoms with Crippen molar-refractivity contribution < 1.29 is 9.53 Å². The van der Waals surface area contributed by atoms with E-state index in [0.29, 0.717) is 42.0 Å². The summed E-state index contributed by atoms with van der Waals surface area (Å²) in [5.74, 6) is 0.376. The third kappa shape index (κ3) is 5.39. The molecule has 0 N–H and O–H groups in total. The van der Waals surface area contributed by atoms with E-state index in [1.54, 1.807) is 4.90 Å². The molecule has 3 aromatic rings. The fourth-order valence-electron chi connectivity index (χ4n) is 4.33. The molecule has 1 aliphatic rings. The predicted molar refractivity (Wildman–Crippen MR) is 140 cm³/mol. The van der Waals surface area contributed by atoms with Gasteiger partial charge in [0, 0.05) is 35.6 Å². The Kier molecular flexibility index (Phi) is 7.82. The van der Waals surface area contributed by atoms with Crippen LogP contribution >= 0.6 is 23.2 Å². The lowest BCUT2D eigenvalue weighted by molar-refractivity contribution is 0.0635. The molecule has 184 valence electrons. The Hall–Kier alpha value is -2.83. The molecule has 35 heavy (non-hydrogen) atoms. The molecule has 2 heterocycles. The number of ether oxygens (including phenoxy) is 1. The Morgan fingerprint density at radius 1 is 1.03 bits per heavy atom. The average Bonchev–Trinajstić information content (AvgIpc) is 2.82. The van der Waals surface area contributed by atoms with Gasteiger partial charge in [-0.15, -0.1) is 0 Å². The van der Waals surface area contributed by atoms with Crippen LogP contribution in [-0.2, 0) is 13.0 Å². The van der Waals surface area contributed by atoms with Crippen molar-refractivity contribution in [1.29, 1.82) is 0 Å². The quantitative estimate of drug-likeness (QED) is 0.354. The number of aromatic nitrogens is 2. The summed E-state index contributed by atoms with van der Waals surface area (Å²) in [6, 6.07) is 13.2. The van der Waals surface area contributed by atoms with E-state index in [9.17, 15) is 9.59 Å². The van der Waals surface area contributed by atoms with Gasteiger partial charge in [-0.3, -0.25) is 9.59 Å². The zero-order chi connectivity index (χ0) is 25.1. The van der Waals surface area contributed by atoms with Gasteiger partial charge in [0.25, 0.3) is 5.91 Å². The van der Waals surface area contributed by atoms with E-state index in [4.69, 9.17) is 27.9 Å². The topological polar surface area (TPSA) is 64.4 Å². The lowest BCUT2D eigenvalue weighted by Crippen LogP contribution is -2.46. The molecule has 1 aliphatic heterocycles. The van der Waals surface area contributed by atoms with Crippen molar-refractivity contribution in [3.63, 3.8) is 0 Å². The Labute approximate surface area is 215 Å². The first-order valence-electron chi connectivity index (χ1n) is 11.9. The number of hydrogen-bond donors (Lipinski definition) is 0. The molecule has 6 nitrogen and oxygen atoms in total. The summed E-state index contributed by atoms with van der Waals surface area (Å²) in [5.41, 5.74) is 2.60. The van der Waals surface area contributed by atoms with Crippen LogP contribution in [0.3, 0.4) is 0 Å². The normalized spacial score (nSPS) is 13.3. The monoisotopic (exact) mass is 513 g/mol. The van der Waals surface area contributed by atoms with Crippen LogP contribution in [0.2, 0.25) is 10.0 Å². The zero-order valence-corrected chi connectivity index (χ0v) is 21.7. The average molecular weight is 514 g/mol. The second-order valence-corrected chi connectivity index (χ2v) is 9.81. The SMILES string of the molecule is CCCCOc1c2n(c(Cc3ccc(Cl)cc3-c3ccc(Cl)cc3)nc1=O)CCN(C(C)C)C2=O. The van der Waals surface area contributed by atoms with Crippen LogP contribution in [0, 0.1) is 0 Å². The van der Waals surface area contributed by atoms with E-state index in [1.807, 2.05) is 67.8 Å². The van der Waals surface area contributed by atoms with E-state index in [0.717, 1.165) is 29.5 Å². The highest BCUT2D eigenvalue weighted by Crippen LogP contribution is 2.31. The summed E-state index contributed by atoms with van der Waals surface area (Å²) in [6.07, 6.45) is 2.07. The number of rotatable bonds is 8. The third-order valence-corrected chi connectivity index (χ3v) is 6.68.